The number of ether oxygens (including phenoxy) is 1. The highest BCUT2D eigenvalue weighted by Gasteiger charge is 2.50. The molecule has 1 amide bonds. The molecule has 5 nitrogen and oxygen atoms in total. The number of piperidine rings is 1. The fourth-order valence-electron chi connectivity index (χ4n) is 4.44. The summed E-state index contributed by atoms with van der Waals surface area (Å²) in [5, 5.41) is 3.71. The number of hydrogen-bond acceptors (Lipinski definition) is 4. The minimum absolute atomic E-state index is 0.148. The quantitative estimate of drug-likeness (QED) is 0.774. The van der Waals surface area contributed by atoms with Crippen LogP contribution in [0.1, 0.15) is 63.2 Å². The predicted molar refractivity (Wildman–Crippen MR) is 106 cm³/mol. The molecule has 2 bridgehead atoms. The molecule has 26 heavy (non-hydrogen) atoms. The van der Waals surface area contributed by atoms with E-state index in [-0.39, 0.29) is 17.0 Å². The highest BCUT2D eigenvalue weighted by molar-refractivity contribution is 6.33. The number of benzene rings is 1. The molecule has 2 heterocycles. The largest absolute Gasteiger partial charge is 0.496 e. The number of amides is 1. The first kappa shape index (κ1) is 19.3. The van der Waals surface area contributed by atoms with Gasteiger partial charge in [-0.25, -0.2) is 0 Å². The summed E-state index contributed by atoms with van der Waals surface area (Å²) in [7, 11) is 1.54. The van der Waals surface area contributed by atoms with Crippen LogP contribution in [-0.2, 0) is 0 Å². The van der Waals surface area contributed by atoms with E-state index in [1.165, 1.54) is 13.5 Å². The van der Waals surface area contributed by atoms with Gasteiger partial charge in [-0.3, -0.25) is 9.69 Å². The number of fused-ring (bicyclic) bond motifs is 2. The van der Waals surface area contributed by atoms with Gasteiger partial charge in [-0.1, -0.05) is 32.4 Å². The maximum absolute atomic E-state index is 13.1. The average molecular weight is 380 g/mol. The number of carbonyl (C=O) groups is 1. The molecule has 0 aliphatic carbocycles. The van der Waals surface area contributed by atoms with E-state index in [0.717, 1.165) is 32.2 Å². The van der Waals surface area contributed by atoms with Crippen molar-refractivity contribution in [3.8, 4) is 5.75 Å². The van der Waals surface area contributed by atoms with Gasteiger partial charge in [0.05, 0.1) is 29.0 Å². The van der Waals surface area contributed by atoms with E-state index < -0.39 is 0 Å². The van der Waals surface area contributed by atoms with Crippen molar-refractivity contribution in [1.29, 1.82) is 0 Å². The van der Waals surface area contributed by atoms with Crippen molar-refractivity contribution in [2.24, 2.45) is 5.41 Å². The summed E-state index contributed by atoms with van der Waals surface area (Å²) in [4.78, 5) is 15.7. The van der Waals surface area contributed by atoms with Gasteiger partial charge in [0, 0.05) is 18.7 Å². The Morgan fingerprint density at radius 3 is 2.77 bits per heavy atom. The van der Waals surface area contributed by atoms with Crippen LogP contribution in [-0.4, -0.2) is 36.2 Å². The van der Waals surface area contributed by atoms with Crippen LogP contribution in [0, 0.1) is 5.41 Å². The number of halogens is 1. The molecule has 0 aromatic heterocycles. The van der Waals surface area contributed by atoms with Crippen molar-refractivity contribution in [2.75, 3.05) is 19.4 Å². The lowest BCUT2D eigenvalue weighted by molar-refractivity contribution is 0.00282. The van der Waals surface area contributed by atoms with Crippen LogP contribution in [0.5, 0.6) is 5.75 Å². The Labute approximate surface area is 161 Å². The van der Waals surface area contributed by atoms with Crippen molar-refractivity contribution >= 4 is 23.2 Å². The van der Waals surface area contributed by atoms with Crippen LogP contribution in [0.4, 0.5) is 5.69 Å². The van der Waals surface area contributed by atoms with Gasteiger partial charge in [0.2, 0.25) is 0 Å². The smallest absolute Gasteiger partial charge is 0.256 e. The average Bonchev–Trinajstić information content (AvgIpc) is 2.74. The summed E-state index contributed by atoms with van der Waals surface area (Å²) in [6, 6.07) is 3.77. The molecule has 2 aliphatic heterocycles. The normalized spacial score (nSPS) is 26.0. The molecule has 144 valence electrons. The molecule has 2 saturated heterocycles. The Kier molecular flexibility index (Phi) is 5.15. The number of hydrogen-bond donors (Lipinski definition) is 2. The van der Waals surface area contributed by atoms with Crippen LogP contribution < -0.4 is 15.8 Å². The minimum Gasteiger partial charge on any atom is -0.496 e. The second-order valence-corrected chi connectivity index (χ2v) is 9.24. The van der Waals surface area contributed by atoms with E-state index in [1.807, 2.05) is 0 Å². The predicted octanol–water partition coefficient (Wildman–Crippen LogP) is 4.05. The first-order chi connectivity index (χ1) is 12.1. The van der Waals surface area contributed by atoms with Crippen LogP contribution >= 0.6 is 11.6 Å². The lowest BCUT2D eigenvalue weighted by atomic mass is 9.90. The summed E-state index contributed by atoms with van der Waals surface area (Å²) >= 11 is 6.15. The van der Waals surface area contributed by atoms with Gasteiger partial charge in [-0.2, -0.15) is 0 Å². The van der Waals surface area contributed by atoms with Gasteiger partial charge in [-0.15, -0.1) is 0 Å². The van der Waals surface area contributed by atoms with Gasteiger partial charge in [0.1, 0.15) is 5.75 Å². The van der Waals surface area contributed by atoms with Crippen molar-refractivity contribution in [3.05, 3.63) is 22.7 Å². The number of anilines is 1. The molecule has 1 aromatic carbocycles. The van der Waals surface area contributed by atoms with Crippen LogP contribution in [0.25, 0.3) is 0 Å². The van der Waals surface area contributed by atoms with Gasteiger partial charge >= 0.3 is 0 Å². The second-order valence-electron chi connectivity index (χ2n) is 8.83. The lowest BCUT2D eigenvalue weighted by Gasteiger charge is -2.47. The van der Waals surface area contributed by atoms with Crippen molar-refractivity contribution < 1.29 is 9.53 Å². The van der Waals surface area contributed by atoms with Gasteiger partial charge in [0.15, 0.2) is 0 Å². The molecule has 6 heteroatoms. The molecule has 3 rings (SSSR count). The third-order valence-electron chi connectivity index (χ3n) is 5.56. The topological polar surface area (TPSA) is 67.6 Å². The van der Waals surface area contributed by atoms with Crippen LogP contribution in [0.15, 0.2) is 12.1 Å². The zero-order valence-corrected chi connectivity index (χ0v) is 16.9. The number of nitrogens with two attached hydrogens (primary N) is 1. The zero-order valence-electron chi connectivity index (χ0n) is 16.2. The summed E-state index contributed by atoms with van der Waals surface area (Å²) in [5.74, 6) is 0.304. The summed E-state index contributed by atoms with van der Waals surface area (Å²) < 4.78 is 5.36. The first-order valence-electron chi connectivity index (χ1n) is 9.37. The fourth-order valence-corrected chi connectivity index (χ4v) is 4.60. The summed E-state index contributed by atoms with van der Waals surface area (Å²) in [5.41, 5.74) is 6.60. The van der Waals surface area contributed by atoms with Gasteiger partial charge < -0.3 is 15.8 Å². The Morgan fingerprint density at radius 1 is 1.38 bits per heavy atom. The number of nitrogen functional groups attached to an aromatic ring is 1. The zero-order chi connectivity index (χ0) is 19.1. The molecular formula is C20H30ClN3O2. The Morgan fingerprint density at radius 2 is 2.12 bits per heavy atom. The summed E-state index contributed by atoms with van der Waals surface area (Å²) in [6.07, 6.45) is 5.47. The fraction of sp³-hybridized carbons (Fsp3) is 0.650. The Bertz CT molecular complexity index is 697. The molecular weight excluding hydrogens is 350 g/mol. The maximum Gasteiger partial charge on any atom is 0.256 e. The number of methoxy groups -OCH3 is 1. The van der Waals surface area contributed by atoms with E-state index in [1.54, 1.807) is 12.1 Å². The van der Waals surface area contributed by atoms with E-state index in [0.29, 0.717) is 28.1 Å². The Hall–Kier alpha value is -1.46. The number of rotatable bonds is 4. The standard InChI is InChI=1S/C20H30ClN3O2/c1-19(2,3)12-24-13-6-5-8-20(24,9-7-13)23-18(25)14-10-15(21)16(22)11-17(14)26-4/h10-11,13H,5-9,12,22H2,1-4H3,(H,23,25). The molecule has 1 aromatic rings. The van der Waals surface area contributed by atoms with Gasteiger partial charge in [-0.05, 0) is 43.6 Å². The molecule has 0 saturated carbocycles. The Balaban J connectivity index is 1.89. The molecule has 0 radical (unpaired) electrons. The highest BCUT2D eigenvalue weighted by Crippen LogP contribution is 2.44. The monoisotopic (exact) mass is 379 g/mol. The molecule has 2 aliphatic rings. The third kappa shape index (κ3) is 3.65. The minimum atomic E-state index is -0.272. The second kappa shape index (κ2) is 6.93. The van der Waals surface area contributed by atoms with Crippen LogP contribution in [0.2, 0.25) is 5.02 Å². The maximum atomic E-state index is 13.1. The van der Waals surface area contributed by atoms with Crippen molar-refractivity contribution in [2.45, 2.75) is 64.6 Å². The molecule has 2 fully saturated rings. The number of carbonyl (C=O) groups excluding carboxylic acids is 1. The molecule has 2 atom stereocenters. The molecule has 0 spiro atoms. The first-order valence-corrected chi connectivity index (χ1v) is 9.75. The van der Waals surface area contributed by atoms with Crippen molar-refractivity contribution in [1.82, 2.24) is 10.2 Å². The van der Waals surface area contributed by atoms with Crippen molar-refractivity contribution in [3.63, 3.8) is 0 Å². The van der Waals surface area contributed by atoms with Gasteiger partial charge in [0.25, 0.3) is 5.91 Å². The number of nitrogens with zero attached hydrogens (tertiary/aromatic N) is 1. The number of nitrogens with one attached hydrogen (secondary N) is 1. The SMILES string of the molecule is COc1cc(N)c(Cl)cc1C(=O)NC12CCCC(CC1)N2CC(C)(C)C. The van der Waals surface area contributed by atoms with Crippen LogP contribution in [0.3, 0.4) is 0 Å². The van der Waals surface area contributed by atoms with E-state index in [4.69, 9.17) is 22.1 Å². The van der Waals surface area contributed by atoms with E-state index >= 15 is 0 Å². The summed E-state index contributed by atoms with van der Waals surface area (Å²) in [6.45, 7) is 7.72. The van der Waals surface area contributed by atoms with E-state index in [2.05, 4.69) is 31.0 Å². The lowest BCUT2D eigenvalue weighted by Crippen LogP contribution is -2.62. The molecule has 2 unspecified atom stereocenters. The molecule has 3 N–H and O–H groups in total. The van der Waals surface area contributed by atoms with E-state index in [9.17, 15) is 4.79 Å². The third-order valence-corrected chi connectivity index (χ3v) is 5.89. The highest BCUT2D eigenvalue weighted by atomic mass is 35.5.